The molecule has 0 unspecified atom stereocenters. The lowest BCUT2D eigenvalue weighted by atomic mass is 9.95. The molecule has 2 saturated heterocycles. The summed E-state index contributed by atoms with van der Waals surface area (Å²) in [6, 6.07) is 0. The van der Waals surface area contributed by atoms with Crippen molar-refractivity contribution in [2.24, 2.45) is 21.7 Å². The van der Waals surface area contributed by atoms with Crippen molar-refractivity contribution in [3.05, 3.63) is 0 Å². The fourth-order valence-electron chi connectivity index (χ4n) is 4.14. The molecule has 0 radical (unpaired) electrons. The number of hydrogen-bond donors (Lipinski definition) is 0. The molecule has 0 N–H and O–H groups in total. The molecule has 8 atom stereocenters. The summed E-state index contributed by atoms with van der Waals surface area (Å²) in [4.78, 5) is 79.7. The topological polar surface area (TPSA) is 195 Å². The van der Waals surface area contributed by atoms with Crippen molar-refractivity contribution in [1.82, 2.24) is 0 Å². The second kappa shape index (κ2) is 16.3. The average Bonchev–Trinajstić information content (AvgIpc) is 2.98. The van der Waals surface area contributed by atoms with Gasteiger partial charge in [0, 0.05) is 14.2 Å². The van der Waals surface area contributed by atoms with Gasteiger partial charge in [0.05, 0.1) is 21.7 Å². The summed E-state index contributed by atoms with van der Waals surface area (Å²) < 4.78 is 56.5. The van der Waals surface area contributed by atoms with Crippen LogP contribution < -0.4 is 0 Å². The Morgan fingerprint density at radius 1 is 0.560 bits per heavy atom. The summed E-state index contributed by atoms with van der Waals surface area (Å²) in [7, 11) is 2.36. The Labute approximate surface area is 293 Å². The first-order valence-corrected chi connectivity index (χ1v) is 16.3. The Bertz CT molecular complexity index is 1250. The van der Waals surface area contributed by atoms with Crippen LogP contribution in [0.5, 0.6) is 0 Å². The van der Waals surface area contributed by atoms with Crippen molar-refractivity contribution in [2.75, 3.05) is 27.4 Å². The minimum Gasteiger partial charge on any atom is -0.462 e. The van der Waals surface area contributed by atoms with E-state index >= 15 is 0 Å². The van der Waals surface area contributed by atoms with Crippen molar-refractivity contribution in [3.63, 3.8) is 0 Å². The van der Waals surface area contributed by atoms with Crippen LogP contribution in [0.15, 0.2) is 0 Å². The molecule has 0 saturated carbocycles. The lowest BCUT2D eigenvalue weighted by Crippen LogP contribution is -2.65. The van der Waals surface area contributed by atoms with E-state index in [-0.39, 0.29) is 0 Å². The number of hydrogen-bond acceptors (Lipinski definition) is 16. The van der Waals surface area contributed by atoms with Crippen LogP contribution in [0, 0.1) is 21.7 Å². The zero-order chi connectivity index (χ0) is 38.6. The molecule has 50 heavy (non-hydrogen) atoms. The second-order valence-electron chi connectivity index (χ2n) is 16.2. The molecule has 0 aromatic rings. The van der Waals surface area contributed by atoms with Crippen LogP contribution in [0.1, 0.15) is 83.1 Å². The maximum absolute atomic E-state index is 14.0. The quantitative estimate of drug-likeness (QED) is 0.262. The molecule has 0 aromatic heterocycles. The molecule has 0 amide bonds. The SMILES string of the molecule is CO[C@H]1O[C@H](COC(=O)C(C)(C)C)[C@H]2OC(=O)[C@@H](OC(=O)C(C)(C)C)[C@@H](OC)O[C@H](COC(=O)C(C)(C)C)C(=O)O[C@@H]2[C@H]1OC(=O)C(C)(C)C. The lowest BCUT2D eigenvalue weighted by molar-refractivity contribution is -0.313. The molecule has 16 heteroatoms. The fourth-order valence-corrected chi connectivity index (χ4v) is 4.14. The minimum atomic E-state index is -1.95. The highest BCUT2D eigenvalue weighted by molar-refractivity contribution is 5.83. The summed E-state index contributed by atoms with van der Waals surface area (Å²) >= 11 is 0. The lowest BCUT2D eigenvalue weighted by Gasteiger charge is -2.45. The second-order valence-corrected chi connectivity index (χ2v) is 16.2. The van der Waals surface area contributed by atoms with Gasteiger partial charge in [-0.3, -0.25) is 19.2 Å². The molecule has 2 rings (SSSR count). The summed E-state index contributed by atoms with van der Waals surface area (Å²) in [6.07, 6.45) is -13.2. The van der Waals surface area contributed by atoms with E-state index in [2.05, 4.69) is 0 Å². The van der Waals surface area contributed by atoms with E-state index in [1.165, 1.54) is 7.11 Å². The van der Waals surface area contributed by atoms with Gasteiger partial charge < -0.3 is 47.4 Å². The van der Waals surface area contributed by atoms with Crippen LogP contribution in [0.2, 0.25) is 0 Å². The van der Waals surface area contributed by atoms with Crippen LogP contribution in [0.3, 0.4) is 0 Å². The van der Waals surface area contributed by atoms with Crippen LogP contribution >= 0.6 is 0 Å². The first kappa shape index (κ1) is 42.8. The first-order chi connectivity index (χ1) is 22.7. The normalized spacial score (nSPS) is 28.3. The number of esters is 6. The van der Waals surface area contributed by atoms with Crippen LogP contribution in [-0.2, 0) is 76.1 Å². The fraction of sp³-hybridized carbons (Fsp3) is 0.824. The molecule has 2 aliphatic heterocycles. The van der Waals surface area contributed by atoms with E-state index in [9.17, 15) is 28.8 Å². The highest BCUT2D eigenvalue weighted by Crippen LogP contribution is 2.34. The third-order valence-electron chi connectivity index (χ3n) is 7.27. The number of ether oxygens (including phenoxy) is 10. The van der Waals surface area contributed by atoms with Crippen molar-refractivity contribution in [1.29, 1.82) is 0 Å². The summed E-state index contributed by atoms with van der Waals surface area (Å²) in [5.74, 6) is -5.35. The molecule has 16 nitrogen and oxygen atoms in total. The maximum Gasteiger partial charge on any atom is 0.353 e. The molecular weight excluding hydrogens is 664 g/mol. The molecule has 2 fully saturated rings. The standard InChI is InChI=1S/C34H54O16/c1-31(2,3)27(37)43-15-17-19-20(21(25(41-13)45-17)49-29(39)33(7,8)9)48-23(35)18(16-44-28(38)32(4,5)6)46-26(42-14)22(24(36)47-19)50-30(40)34(10,11)12/h17-22,25-26H,15-16H2,1-14H3/t17-,18-,19-,20+,21-,22-,25+,26+/m1/s1. The molecule has 0 aliphatic carbocycles. The molecule has 0 aromatic carbocycles. The summed E-state index contributed by atoms with van der Waals surface area (Å²) in [5.41, 5.74) is -4.09. The van der Waals surface area contributed by atoms with E-state index in [0.717, 1.165) is 7.11 Å². The van der Waals surface area contributed by atoms with Gasteiger partial charge in [-0.15, -0.1) is 0 Å². The Hall–Kier alpha value is -3.34. The van der Waals surface area contributed by atoms with Gasteiger partial charge in [0.1, 0.15) is 19.3 Å². The van der Waals surface area contributed by atoms with Gasteiger partial charge in [0.2, 0.25) is 12.4 Å². The number of methoxy groups -OCH3 is 2. The van der Waals surface area contributed by atoms with Crippen LogP contribution in [0.25, 0.3) is 0 Å². The van der Waals surface area contributed by atoms with Gasteiger partial charge in [0.25, 0.3) is 0 Å². The van der Waals surface area contributed by atoms with Crippen LogP contribution in [-0.4, -0.2) is 112 Å². The van der Waals surface area contributed by atoms with Crippen LogP contribution in [0.4, 0.5) is 0 Å². The summed E-state index contributed by atoms with van der Waals surface area (Å²) in [6.45, 7) is 17.8. The van der Waals surface area contributed by atoms with Gasteiger partial charge in [-0.2, -0.15) is 0 Å². The van der Waals surface area contributed by atoms with Crippen molar-refractivity contribution >= 4 is 35.8 Å². The van der Waals surface area contributed by atoms with Gasteiger partial charge in [-0.05, 0) is 83.1 Å². The van der Waals surface area contributed by atoms with E-state index < -0.39 is 120 Å². The number of carbonyl (C=O) groups is 6. The number of fused-ring (bicyclic) bond motifs is 1. The van der Waals surface area contributed by atoms with E-state index in [1.807, 2.05) is 0 Å². The minimum absolute atomic E-state index is 0.537. The van der Waals surface area contributed by atoms with Crippen molar-refractivity contribution in [2.45, 2.75) is 132 Å². The zero-order valence-electron chi connectivity index (χ0n) is 31.6. The zero-order valence-corrected chi connectivity index (χ0v) is 31.6. The summed E-state index contributed by atoms with van der Waals surface area (Å²) in [5, 5.41) is 0. The Balaban J connectivity index is 2.76. The van der Waals surface area contributed by atoms with Gasteiger partial charge in [0.15, 0.2) is 30.7 Å². The van der Waals surface area contributed by atoms with Crippen molar-refractivity contribution in [3.8, 4) is 0 Å². The Morgan fingerprint density at radius 2 is 1.00 bits per heavy atom. The number of carbonyl (C=O) groups excluding carboxylic acids is 6. The Morgan fingerprint density at radius 3 is 1.46 bits per heavy atom. The molecular formula is C34H54O16. The van der Waals surface area contributed by atoms with Gasteiger partial charge >= 0.3 is 35.8 Å². The monoisotopic (exact) mass is 718 g/mol. The predicted octanol–water partition coefficient (Wildman–Crippen LogP) is 2.65. The van der Waals surface area contributed by atoms with E-state index in [0.29, 0.717) is 0 Å². The highest BCUT2D eigenvalue weighted by Gasteiger charge is 2.56. The van der Waals surface area contributed by atoms with Gasteiger partial charge in [-0.25, -0.2) is 9.59 Å². The molecule has 2 heterocycles. The molecule has 0 bridgehead atoms. The first-order valence-electron chi connectivity index (χ1n) is 16.3. The smallest absolute Gasteiger partial charge is 0.353 e. The average molecular weight is 719 g/mol. The maximum atomic E-state index is 14.0. The molecule has 286 valence electrons. The molecule has 0 spiro atoms. The third-order valence-corrected chi connectivity index (χ3v) is 7.27. The highest BCUT2D eigenvalue weighted by atomic mass is 16.8. The third kappa shape index (κ3) is 11.3. The number of rotatable bonds is 8. The molecule has 2 aliphatic rings. The largest absolute Gasteiger partial charge is 0.462 e. The van der Waals surface area contributed by atoms with E-state index in [4.69, 9.17) is 47.4 Å². The van der Waals surface area contributed by atoms with Gasteiger partial charge in [-0.1, -0.05) is 0 Å². The Kier molecular flexibility index (Phi) is 14.0. The predicted molar refractivity (Wildman–Crippen MR) is 171 cm³/mol. The van der Waals surface area contributed by atoms with E-state index in [1.54, 1.807) is 83.1 Å². The van der Waals surface area contributed by atoms with Crippen molar-refractivity contribution < 1.29 is 76.1 Å².